The fourth-order valence-corrected chi connectivity index (χ4v) is 2.90. The van der Waals surface area contributed by atoms with Gasteiger partial charge in [0.1, 0.15) is 11.8 Å². The number of hydrogen-bond acceptors (Lipinski definition) is 7. The Kier molecular flexibility index (Phi) is 12.5. The van der Waals surface area contributed by atoms with Gasteiger partial charge >= 0.3 is 5.97 Å². The Balaban J connectivity index is 0.00000112. The fraction of sp³-hybridized carbons (Fsp3) is 0.562. The molecule has 23 heavy (non-hydrogen) atoms. The summed E-state index contributed by atoms with van der Waals surface area (Å²) >= 11 is 1.57. The first-order valence-electron chi connectivity index (χ1n) is 7.69. The largest absolute Gasteiger partial charge is 0.497 e. The van der Waals surface area contributed by atoms with Gasteiger partial charge in [0.15, 0.2) is 0 Å². The van der Waals surface area contributed by atoms with Crippen molar-refractivity contribution >= 4 is 17.9 Å². The summed E-state index contributed by atoms with van der Waals surface area (Å²) < 4.78 is 12.0. The average Bonchev–Trinajstić information content (AvgIpc) is 2.65. The number of nitrogens with zero attached hydrogens (tertiary/aromatic N) is 1. The molecule has 1 heterocycles. The average molecular weight is 343 g/mol. The first-order valence-corrected chi connectivity index (χ1v) is 8.47. The number of ether oxygens (including phenoxy) is 2. The third kappa shape index (κ3) is 7.22. The smallest absolute Gasteiger partial charge is 0.325 e. The molecule has 7 heteroatoms. The zero-order valence-corrected chi connectivity index (χ0v) is 15.5. The molecule has 3 N–H and O–H groups in total. The molecule has 1 atom stereocenters. The van der Waals surface area contributed by atoms with E-state index in [2.05, 4.69) is 15.4 Å². The summed E-state index contributed by atoms with van der Waals surface area (Å²) in [5, 5.41) is 3.21. The second-order valence-corrected chi connectivity index (χ2v) is 5.27. The van der Waals surface area contributed by atoms with Crippen LogP contribution in [0.25, 0.3) is 0 Å². The van der Waals surface area contributed by atoms with Crippen molar-refractivity contribution in [3.8, 4) is 5.75 Å². The Hall–Kier alpha value is -1.28. The van der Waals surface area contributed by atoms with E-state index < -0.39 is 0 Å². The van der Waals surface area contributed by atoms with E-state index in [4.69, 9.17) is 9.47 Å². The van der Waals surface area contributed by atoms with Crippen LogP contribution in [-0.4, -0.2) is 57.2 Å². The first kappa shape index (κ1) is 21.7. The van der Waals surface area contributed by atoms with Gasteiger partial charge in [-0.2, -0.15) is 0 Å². The second kappa shape index (κ2) is 13.2. The SMILES string of the molecule is CC.CN.COC(=O)C1CNCCN1Sc1ccc(OC)cc1. The van der Waals surface area contributed by atoms with Crippen molar-refractivity contribution in [2.24, 2.45) is 5.73 Å². The van der Waals surface area contributed by atoms with Gasteiger partial charge < -0.3 is 20.5 Å². The van der Waals surface area contributed by atoms with E-state index in [1.807, 2.05) is 38.1 Å². The first-order chi connectivity index (χ1) is 11.2. The van der Waals surface area contributed by atoms with Gasteiger partial charge in [0.2, 0.25) is 0 Å². The summed E-state index contributed by atoms with van der Waals surface area (Å²) in [7, 11) is 4.57. The van der Waals surface area contributed by atoms with E-state index in [-0.39, 0.29) is 12.0 Å². The number of methoxy groups -OCH3 is 2. The third-order valence-corrected chi connectivity index (χ3v) is 4.10. The van der Waals surface area contributed by atoms with Crippen molar-refractivity contribution in [2.45, 2.75) is 24.8 Å². The van der Waals surface area contributed by atoms with Gasteiger partial charge in [-0.15, -0.1) is 0 Å². The van der Waals surface area contributed by atoms with Gasteiger partial charge in [0.25, 0.3) is 0 Å². The maximum atomic E-state index is 11.7. The number of carbonyl (C=O) groups is 1. The molecule has 0 radical (unpaired) electrons. The van der Waals surface area contributed by atoms with Crippen molar-refractivity contribution in [1.82, 2.24) is 9.62 Å². The lowest BCUT2D eigenvalue weighted by Gasteiger charge is -2.32. The standard InChI is InChI=1S/C13H18N2O3S.C2H6.CH5N/c1-17-10-3-5-11(6-4-10)19-15-8-7-14-9-12(15)13(16)18-2;2*1-2/h3-6,12,14H,7-9H2,1-2H3;1-2H3;2H2,1H3. The molecular formula is C16H29N3O3S. The molecule has 0 bridgehead atoms. The zero-order valence-electron chi connectivity index (χ0n) is 14.7. The normalized spacial score (nSPS) is 17.0. The third-order valence-electron chi connectivity index (χ3n) is 2.95. The molecule has 1 aromatic rings. The van der Waals surface area contributed by atoms with E-state index in [0.717, 1.165) is 23.7 Å². The van der Waals surface area contributed by atoms with Crippen molar-refractivity contribution in [1.29, 1.82) is 0 Å². The Labute approximate surface area is 143 Å². The summed E-state index contributed by atoms with van der Waals surface area (Å²) in [4.78, 5) is 12.8. The minimum absolute atomic E-state index is 0.201. The highest BCUT2D eigenvalue weighted by Gasteiger charge is 2.30. The van der Waals surface area contributed by atoms with Gasteiger partial charge in [-0.05, 0) is 43.3 Å². The van der Waals surface area contributed by atoms with Crippen molar-refractivity contribution < 1.29 is 14.3 Å². The molecule has 1 unspecified atom stereocenters. The lowest BCUT2D eigenvalue weighted by molar-refractivity contribution is -0.145. The lowest BCUT2D eigenvalue weighted by Crippen LogP contribution is -2.52. The molecule has 0 aliphatic carbocycles. The number of rotatable bonds is 4. The quantitative estimate of drug-likeness (QED) is 0.637. The number of carbonyl (C=O) groups excluding carboxylic acids is 1. The molecule has 132 valence electrons. The van der Waals surface area contributed by atoms with Gasteiger partial charge in [-0.3, -0.25) is 4.79 Å². The van der Waals surface area contributed by atoms with Gasteiger partial charge in [-0.1, -0.05) is 13.8 Å². The highest BCUT2D eigenvalue weighted by Crippen LogP contribution is 2.27. The molecule has 1 fully saturated rings. The van der Waals surface area contributed by atoms with Crippen LogP contribution in [-0.2, 0) is 9.53 Å². The van der Waals surface area contributed by atoms with Crippen LogP contribution < -0.4 is 15.8 Å². The summed E-state index contributed by atoms with van der Waals surface area (Å²) in [6.45, 7) is 6.29. The molecule has 0 amide bonds. The minimum Gasteiger partial charge on any atom is -0.497 e. The van der Waals surface area contributed by atoms with Gasteiger partial charge in [-0.25, -0.2) is 4.31 Å². The Morgan fingerprint density at radius 3 is 2.39 bits per heavy atom. The topological polar surface area (TPSA) is 76.8 Å². The molecule has 1 aliphatic rings. The van der Waals surface area contributed by atoms with Crippen molar-refractivity contribution in [2.75, 3.05) is 40.9 Å². The maximum absolute atomic E-state index is 11.7. The van der Waals surface area contributed by atoms with Crippen LogP contribution in [0.5, 0.6) is 5.75 Å². The molecular weight excluding hydrogens is 314 g/mol. The number of hydrogen-bond donors (Lipinski definition) is 2. The van der Waals surface area contributed by atoms with Crippen LogP contribution in [0.3, 0.4) is 0 Å². The summed E-state index contributed by atoms with van der Waals surface area (Å²) in [6, 6.07) is 7.56. The number of piperazine rings is 1. The van der Waals surface area contributed by atoms with Crippen LogP contribution in [0.1, 0.15) is 13.8 Å². The molecule has 1 saturated heterocycles. The Bertz CT molecular complexity index is 429. The molecule has 1 aromatic carbocycles. The van der Waals surface area contributed by atoms with Crippen LogP contribution in [0.2, 0.25) is 0 Å². The van der Waals surface area contributed by atoms with Gasteiger partial charge in [0, 0.05) is 24.5 Å². The Morgan fingerprint density at radius 2 is 1.87 bits per heavy atom. The number of benzene rings is 1. The van der Waals surface area contributed by atoms with Crippen LogP contribution in [0.15, 0.2) is 29.2 Å². The molecule has 6 nitrogen and oxygen atoms in total. The van der Waals surface area contributed by atoms with E-state index in [1.54, 1.807) is 19.1 Å². The maximum Gasteiger partial charge on any atom is 0.325 e. The van der Waals surface area contributed by atoms with E-state index >= 15 is 0 Å². The molecule has 1 aliphatic heterocycles. The minimum atomic E-state index is -0.245. The highest BCUT2D eigenvalue weighted by atomic mass is 32.2. The van der Waals surface area contributed by atoms with Crippen LogP contribution >= 0.6 is 11.9 Å². The van der Waals surface area contributed by atoms with Crippen LogP contribution in [0, 0.1) is 0 Å². The van der Waals surface area contributed by atoms with Crippen LogP contribution in [0.4, 0.5) is 0 Å². The van der Waals surface area contributed by atoms with E-state index in [0.29, 0.717) is 6.54 Å². The zero-order chi connectivity index (χ0) is 17.7. The summed E-state index contributed by atoms with van der Waals surface area (Å²) in [5.74, 6) is 0.627. The van der Waals surface area contributed by atoms with E-state index in [1.165, 1.54) is 14.2 Å². The van der Waals surface area contributed by atoms with Gasteiger partial charge in [0.05, 0.1) is 14.2 Å². The predicted molar refractivity (Wildman–Crippen MR) is 95.7 cm³/mol. The number of esters is 1. The molecule has 0 saturated carbocycles. The summed E-state index contributed by atoms with van der Waals surface area (Å²) in [6.07, 6.45) is 0. The molecule has 2 rings (SSSR count). The summed E-state index contributed by atoms with van der Waals surface area (Å²) in [5.41, 5.74) is 4.50. The monoisotopic (exact) mass is 343 g/mol. The van der Waals surface area contributed by atoms with Crippen molar-refractivity contribution in [3.63, 3.8) is 0 Å². The highest BCUT2D eigenvalue weighted by molar-refractivity contribution is 7.97. The molecule has 0 spiro atoms. The predicted octanol–water partition coefficient (Wildman–Crippen LogP) is 1.75. The Morgan fingerprint density at radius 1 is 1.26 bits per heavy atom. The second-order valence-electron chi connectivity index (χ2n) is 4.15. The number of nitrogens with two attached hydrogens (primary N) is 1. The van der Waals surface area contributed by atoms with Crippen molar-refractivity contribution in [3.05, 3.63) is 24.3 Å². The molecule has 0 aromatic heterocycles. The van der Waals surface area contributed by atoms with E-state index in [9.17, 15) is 4.79 Å². The lowest BCUT2D eigenvalue weighted by atomic mass is 10.2. The number of nitrogens with one attached hydrogen (secondary N) is 1. The fourth-order valence-electron chi connectivity index (χ4n) is 1.90.